The third kappa shape index (κ3) is 2.71. The Morgan fingerprint density at radius 3 is 2.47 bits per heavy atom. The van der Waals surface area contributed by atoms with Crippen LogP contribution in [-0.4, -0.2) is 21.7 Å². The molecule has 4 heteroatoms. The maximum absolute atomic E-state index is 4.24. The van der Waals surface area contributed by atoms with E-state index in [4.69, 9.17) is 0 Å². The molecule has 17 heavy (non-hydrogen) atoms. The largest absolute Gasteiger partial charge is 0.304 e. The average molecular weight is 230 g/mol. The van der Waals surface area contributed by atoms with Gasteiger partial charge in [-0.3, -0.25) is 5.10 Å². The number of hydrogen-bond acceptors (Lipinski definition) is 3. The SMILES string of the molecule is CCNC(c1cc(C)cc(C)c1)c1ncn[nH]1. The van der Waals surface area contributed by atoms with Crippen LogP contribution in [0.4, 0.5) is 0 Å². The number of aromatic nitrogens is 3. The molecule has 0 radical (unpaired) electrons. The third-order valence-corrected chi connectivity index (χ3v) is 2.69. The third-order valence-electron chi connectivity index (χ3n) is 2.69. The van der Waals surface area contributed by atoms with Crippen LogP contribution in [0.3, 0.4) is 0 Å². The molecule has 1 unspecified atom stereocenters. The summed E-state index contributed by atoms with van der Waals surface area (Å²) in [6.45, 7) is 7.20. The molecule has 0 spiro atoms. The molecule has 1 atom stereocenters. The van der Waals surface area contributed by atoms with Crippen molar-refractivity contribution in [1.29, 1.82) is 0 Å². The van der Waals surface area contributed by atoms with Crippen LogP contribution >= 0.6 is 0 Å². The van der Waals surface area contributed by atoms with E-state index in [0.29, 0.717) is 0 Å². The number of rotatable bonds is 4. The Kier molecular flexibility index (Phi) is 3.54. The van der Waals surface area contributed by atoms with Gasteiger partial charge in [0.05, 0.1) is 6.04 Å². The molecule has 0 saturated heterocycles. The smallest absolute Gasteiger partial charge is 0.145 e. The minimum Gasteiger partial charge on any atom is -0.304 e. The molecule has 4 nitrogen and oxygen atoms in total. The summed E-state index contributed by atoms with van der Waals surface area (Å²) < 4.78 is 0. The lowest BCUT2D eigenvalue weighted by molar-refractivity contribution is 0.599. The first kappa shape index (κ1) is 11.8. The van der Waals surface area contributed by atoms with Crippen LogP contribution in [0.15, 0.2) is 24.5 Å². The Morgan fingerprint density at radius 2 is 1.94 bits per heavy atom. The van der Waals surface area contributed by atoms with Crippen molar-refractivity contribution in [1.82, 2.24) is 20.5 Å². The molecule has 0 amide bonds. The molecule has 1 aromatic carbocycles. The lowest BCUT2D eigenvalue weighted by Crippen LogP contribution is -2.23. The van der Waals surface area contributed by atoms with Crippen LogP contribution in [-0.2, 0) is 0 Å². The van der Waals surface area contributed by atoms with Gasteiger partial charge in [0.25, 0.3) is 0 Å². The van der Waals surface area contributed by atoms with Gasteiger partial charge in [0.15, 0.2) is 0 Å². The first-order chi connectivity index (χ1) is 8.20. The Bertz CT molecular complexity index is 456. The number of nitrogens with zero attached hydrogens (tertiary/aromatic N) is 2. The predicted molar refractivity (Wildman–Crippen MR) is 67.8 cm³/mol. The Hall–Kier alpha value is -1.68. The summed E-state index contributed by atoms with van der Waals surface area (Å²) in [5, 5.41) is 10.3. The fourth-order valence-corrected chi connectivity index (χ4v) is 2.11. The van der Waals surface area contributed by atoms with Crippen molar-refractivity contribution in [3.8, 4) is 0 Å². The highest BCUT2D eigenvalue weighted by Crippen LogP contribution is 2.21. The summed E-state index contributed by atoms with van der Waals surface area (Å²) >= 11 is 0. The summed E-state index contributed by atoms with van der Waals surface area (Å²) in [6, 6.07) is 6.62. The molecule has 0 aliphatic heterocycles. The number of hydrogen-bond donors (Lipinski definition) is 2. The maximum atomic E-state index is 4.24. The van der Waals surface area contributed by atoms with Crippen molar-refractivity contribution < 1.29 is 0 Å². The minimum atomic E-state index is 0.0844. The van der Waals surface area contributed by atoms with E-state index in [2.05, 4.69) is 59.5 Å². The molecule has 0 bridgehead atoms. The van der Waals surface area contributed by atoms with Crippen LogP contribution in [0.25, 0.3) is 0 Å². The van der Waals surface area contributed by atoms with E-state index < -0.39 is 0 Å². The molecule has 0 aliphatic carbocycles. The number of nitrogens with one attached hydrogen (secondary N) is 2. The molecule has 2 aromatic rings. The highest BCUT2D eigenvalue weighted by Gasteiger charge is 2.16. The molecular weight excluding hydrogens is 212 g/mol. The van der Waals surface area contributed by atoms with Crippen LogP contribution in [0.5, 0.6) is 0 Å². The van der Waals surface area contributed by atoms with Crippen molar-refractivity contribution in [3.63, 3.8) is 0 Å². The molecule has 1 aromatic heterocycles. The van der Waals surface area contributed by atoms with E-state index in [1.807, 2.05) is 0 Å². The standard InChI is InChI=1S/C13H18N4/c1-4-14-12(13-15-8-16-17-13)11-6-9(2)5-10(3)7-11/h5-8,12,14H,4H2,1-3H3,(H,15,16,17). The second kappa shape index (κ2) is 5.10. The van der Waals surface area contributed by atoms with E-state index >= 15 is 0 Å². The molecular formula is C13H18N4. The highest BCUT2D eigenvalue weighted by molar-refractivity contribution is 5.33. The minimum absolute atomic E-state index is 0.0844. The zero-order chi connectivity index (χ0) is 12.3. The average Bonchev–Trinajstić information content (AvgIpc) is 2.77. The summed E-state index contributed by atoms with van der Waals surface area (Å²) in [5.41, 5.74) is 3.76. The normalized spacial score (nSPS) is 12.6. The summed E-state index contributed by atoms with van der Waals surface area (Å²) in [6.07, 6.45) is 1.54. The number of benzene rings is 1. The topological polar surface area (TPSA) is 53.6 Å². The second-order valence-electron chi connectivity index (χ2n) is 4.28. The monoisotopic (exact) mass is 230 g/mol. The molecule has 0 aliphatic rings. The van der Waals surface area contributed by atoms with Gasteiger partial charge in [-0.15, -0.1) is 0 Å². The molecule has 1 heterocycles. The van der Waals surface area contributed by atoms with Gasteiger partial charge in [0.2, 0.25) is 0 Å². The first-order valence-corrected chi connectivity index (χ1v) is 5.87. The van der Waals surface area contributed by atoms with Gasteiger partial charge < -0.3 is 5.32 Å². The quantitative estimate of drug-likeness (QED) is 0.846. The van der Waals surface area contributed by atoms with Crippen molar-refractivity contribution in [3.05, 3.63) is 47.0 Å². The van der Waals surface area contributed by atoms with Crippen LogP contribution in [0.2, 0.25) is 0 Å². The fourth-order valence-electron chi connectivity index (χ4n) is 2.11. The van der Waals surface area contributed by atoms with E-state index in [1.54, 1.807) is 6.33 Å². The molecule has 0 fully saturated rings. The maximum Gasteiger partial charge on any atom is 0.145 e. The van der Waals surface area contributed by atoms with Crippen molar-refractivity contribution in [2.45, 2.75) is 26.8 Å². The van der Waals surface area contributed by atoms with Crippen LogP contribution in [0, 0.1) is 13.8 Å². The van der Waals surface area contributed by atoms with Crippen LogP contribution in [0.1, 0.15) is 35.5 Å². The van der Waals surface area contributed by atoms with Gasteiger partial charge in [0, 0.05) is 0 Å². The first-order valence-electron chi connectivity index (χ1n) is 5.87. The number of aromatic amines is 1. The highest BCUT2D eigenvalue weighted by atomic mass is 15.2. The lowest BCUT2D eigenvalue weighted by atomic mass is 10.0. The summed E-state index contributed by atoms with van der Waals surface area (Å²) in [7, 11) is 0. The van der Waals surface area contributed by atoms with Crippen LogP contribution < -0.4 is 5.32 Å². The van der Waals surface area contributed by atoms with Gasteiger partial charge in [-0.1, -0.05) is 36.2 Å². The number of H-pyrrole nitrogens is 1. The molecule has 90 valence electrons. The molecule has 0 saturated carbocycles. The van der Waals surface area contributed by atoms with Gasteiger partial charge in [0.1, 0.15) is 12.2 Å². The van der Waals surface area contributed by atoms with Gasteiger partial charge >= 0.3 is 0 Å². The lowest BCUT2D eigenvalue weighted by Gasteiger charge is -2.16. The van der Waals surface area contributed by atoms with Gasteiger partial charge in [-0.25, -0.2) is 4.98 Å². The zero-order valence-corrected chi connectivity index (χ0v) is 10.5. The van der Waals surface area contributed by atoms with E-state index in [0.717, 1.165) is 12.4 Å². The van der Waals surface area contributed by atoms with Gasteiger partial charge in [-0.05, 0) is 26.0 Å². The molecule has 2 rings (SSSR count). The second-order valence-corrected chi connectivity index (χ2v) is 4.28. The predicted octanol–water partition coefficient (Wildman–Crippen LogP) is 2.12. The fraction of sp³-hybridized carbons (Fsp3) is 0.385. The summed E-state index contributed by atoms with van der Waals surface area (Å²) in [5.74, 6) is 0.858. The van der Waals surface area contributed by atoms with Crippen molar-refractivity contribution in [2.75, 3.05) is 6.54 Å². The Labute approximate surface area is 101 Å². The number of aryl methyl sites for hydroxylation is 2. The van der Waals surface area contributed by atoms with Crippen molar-refractivity contribution in [2.24, 2.45) is 0 Å². The van der Waals surface area contributed by atoms with E-state index in [-0.39, 0.29) is 6.04 Å². The summed E-state index contributed by atoms with van der Waals surface area (Å²) in [4.78, 5) is 4.24. The zero-order valence-electron chi connectivity index (χ0n) is 10.5. The Balaban J connectivity index is 2.38. The van der Waals surface area contributed by atoms with E-state index in [1.165, 1.54) is 16.7 Å². The van der Waals surface area contributed by atoms with Crippen molar-refractivity contribution >= 4 is 0 Å². The Morgan fingerprint density at radius 1 is 1.24 bits per heavy atom. The van der Waals surface area contributed by atoms with E-state index in [9.17, 15) is 0 Å². The molecule has 2 N–H and O–H groups in total. The van der Waals surface area contributed by atoms with Gasteiger partial charge in [-0.2, -0.15) is 5.10 Å².